The van der Waals surface area contributed by atoms with Crippen molar-refractivity contribution in [3.8, 4) is 5.88 Å². The molecule has 0 saturated heterocycles. The van der Waals surface area contributed by atoms with Crippen LogP contribution >= 0.6 is 0 Å². The van der Waals surface area contributed by atoms with E-state index in [1.54, 1.807) is 34.6 Å². The minimum Gasteiger partial charge on any atom is -0.476 e. The topological polar surface area (TPSA) is 79.7 Å². The van der Waals surface area contributed by atoms with Crippen molar-refractivity contribution < 1.29 is 23.8 Å². The van der Waals surface area contributed by atoms with Crippen molar-refractivity contribution >= 4 is 12.1 Å². The third-order valence-corrected chi connectivity index (χ3v) is 4.77. The molecule has 3 aromatic rings. The van der Waals surface area contributed by atoms with Crippen LogP contribution < -0.4 is 4.74 Å². The molecular weight excluding hydrogens is 420 g/mol. The Morgan fingerprint density at radius 3 is 1.82 bits per heavy atom. The van der Waals surface area contributed by atoms with Crippen molar-refractivity contribution in [1.82, 2.24) is 9.78 Å². The van der Waals surface area contributed by atoms with E-state index in [1.807, 2.05) is 60.7 Å². The van der Waals surface area contributed by atoms with Gasteiger partial charge in [-0.05, 0) is 45.7 Å². The summed E-state index contributed by atoms with van der Waals surface area (Å²) in [7, 11) is 0. The van der Waals surface area contributed by atoms with Crippen LogP contribution in [0.3, 0.4) is 0 Å². The van der Waals surface area contributed by atoms with Crippen LogP contribution in [-0.4, -0.2) is 40.7 Å². The summed E-state index contributed by atoms with van der Waals surface area (Å²) in [6, 6.07) is 19.2. The molecule has 1 heterocycles. The molecule has 1 aromatic heterocycles. The largest absolute Gasteiger partial charge is 0.476 e. The Morgan fingerprint density at radius 2 is 1.36 bits per heavy atom. The van der Waals surface area contributed by atoms with Crippen molar-refractivity contribution in [3.05, 3.63) is 83.0 Å². The number of nitrogens with zero attached hydrogens (tertiary/aromatic N) is 2. The summed E-state index contributed by atoms with van der Waals surface area (Å²) in [5, 5.41) is 4.37. The zero-order valence-corrected chi connectivity index (χ0v) is 19.6. The van der Waals surface area contributed by atoms with Gasteiger partial charge in [0.25, 0.3) is 0 Å². The van der Waals surface area contributed by atoms with Gasteiger partial charge in [-0.2, -0.15) is 4.68 Å². The molecule has 3 rings (SSSR count). The summed E-state index contributed by atoms with van der Waals surface area (Å²) < 4.78 is 17.8. The maximum Gasteiger partial charge on any atom is 0.435 e. The molecule has 0 unspecified atom stereocenters. The first-order valence-corrected chi connectivity index (χ1v) is 11.1. The predicted octanol–water partition coefficient (Wildman–Crippen LogP) is 5.42. The van der Waals surface area contributed by atoms with E-state index >= 15 is 0 Å². The standard InChI is InChI=1S/C26H30N2O5/c1-6-31-24-22(25(29)32-17(2)3)23(28(27-24)26(30)33-18(4)5)21(19-13-9-7-10-14-19)20-15-11-8-12-16-20/h7-18,21H,6H2,1-5H3. The molecule has 0 amide bonds. The molecule has 2 aromatic carbocycles. The Labute approximate surface area is 194 Å². The number of aromatic nitrogens is 2. The minimum atomic E-state index is -0.693. The van der Waals surface area contributed by atoms with Crippen LogP contribution in [0, 0.1) is 0 Å². The Kier molecular flexibility index (Phi) is 7.87. The molecule has 7 heteroatoms. The number of ether oxygens (including phenoxy) is 3. The third kappa shape index (κ3) is 5.61. The fourth-order valence-corrected chi connectivity index (χ4v) is 3.57. The molecule has 0 N–H and O–H groups in total. The molecule has 7 nitrogen and oxygen atoms in total. The average Bonchev–Trinajstić information content (AvgIpc) is 3.14. The predicted molar refractivity (Wildman–Crippen MR) is 125 cm³/mol. The summed E-state index contributed by atoms with van der Waals surface area (Å²) in [5.41, 5.74) is 2.21. The van der Waals surface area contributed by atoms with Crippen LogP contribution in [0.1, 0.15) is 67.7 Å². The number of esters is 1. The van der Waals surface area contributed by atoms with Gasteiger partial charge >= 0.3 is 12.1 Å². The summed E-state index contributed by atoms with van der Waals surface area (Å²) in [4.78, 5) is 26.4. The number of rotatable bonds is 8. The van der Waals surface area contributed by atoms with Crippen molar-refractivity contribution in [2.75, 3.05) is 6.61 Å². The van der Waals surface area contributed by atoms with E-state index in [2.05, 4.69) is 5.10 Å². The van der Waals surface area contributed by atoms with Gasteiger partial charge in [0.2, 0.25) is 5.88 Å². The Balaban J connectivity index is 2.34. The van der Waals surface area contributed by atoms with Gasteiger partial charge in [-0.1, -0.05) is 60.7 Å². The summed E-state index contributed by atoms with van der Waals surface area (Å²) in [6.45, 7) is 9.09. The first-order valence-electron chi connectivity index (χ1n) is 11.1. The second kappa shape index (κ2) is 10.8. The van der Waals surface area contributed by atoms with Crippen LogP contribution in [-0.2, 0) is 9.47 Å². The Hall–Kier alpha value is -3.61. The van der Waals surface area contributed by atoms with Crippen LogP contribution in [0.15, 0.2) is 60.7 Å². The number of carbonyl (C=O) groups is 2. The van der Waals surface area contributed by atoms with Crippen molar-refractivity contribution in [2.24, 2.45) is 0 Å². The SMILES string of the molecule is CCOc1nn(C(=O)OC(C)C)c(C(c2ccccc2)c2ccccc2)c1C(=O)OC(C)C. The van der Waals surface area contributed by atoms with E-state index in [4.69, 9.17) is 14.2 Å². The monoisotopic (exact) mass is 450 g/mol. The van der Waals surface area contributed by atoms with E-state index in [9.17, 15) is 9.59 Å². The molecule has 0 spiro atoms. The molecule has 0 fully saturated rings. The smallest absolute Gasteiger partial charge is 0.435 e. The minimum absolute atomic E-state index is 0.0377. The maximum atomic E-state index is 13.3. The lowest BCUT2D eigenvalue weighted by atomic mass is 9.86. The second-order valence-corrected chi connectivity index (χ2v) is 8.05. The fourth-order valence-electron chi connectivity index (χ4n) is 3.57. The Morgan fingerprint density at radius 1 is 0.848 bits per heavy atom. The molecule has 0 radical (unpaired) electrons. The van der Waals surface area contributed by atoms with Gasteiger partial charge in [0.1, 0.15) is 5.56 Å². The highest BCUT2D eigenvalue weighted by molar-refractivity contribution is 5.95. The molecular formula is C26H30N2O5. The second-order valence-electron chi connectivity index (χ2n) is 8.05. The third-order valence-electron chi connectivity index (χ3n) is 4.77. The zero-order chi connectivity index (χ0) is 24.0. The van der Waals surface area contributed by atoms with Gasteiger partial charge in [-0.25, -0.2) is 9.59 Å². The number of carbonyl (C=O) groups excluding carboxylic acids is 2. The molecule has 174 valence electrons. The maximum absolute atomic E-state index is 13.3. The summed E-state index contributed by atoms with van der Waals surface area (Å²) in [6.07, 6.45) is -1.43. The lowest BCUT2D eigenvalue weighted by Gasteiger charge is -2.21. The number of benzene rings is 2. The lowest BCUT2D eigenvalue weighted by molar-refractivity contribution is 0.0372. The fraction of sp³-hybridized carbons (Fsp3) is 0.346. The summed E-state index contributed by atoms with van der Waals surface area (Å²) >= 11 is 0. The highest BCUT2D eigenvalue weighted by atomic mass is 16.6. The van der Waals surface area contributed by atoms with Crippen LogP contribution in [0.25, 0.3) is 0 Å². The van der Waals surface area contributed by atoms with E-state index in [-0.39, 0.29) is 30.3 Å². The molecule has 33 heavy (non-hydrogen) atoms. The molecule has 0 atom stereocenters. The average molecular weight is 451 g/mol. The van der Waals surface area contributed by atoms with Crippen LogP contribution in [0.5, 0.6) is 5.88 Å². The Bertz CT molecular complexity index is 1040. The van der Waals surface area contributed by atoms with E-state index in [1.165, 1.54) is 0 Å². The molecule has 0 aliphatic carbocycles. The van der Waals surface area contributed by atoms with E-state index in [0.717, 1.165) is 15.8 Å². The van der Waals surface area contributed by atoms with Gasteiger partial charge in [0.05, 0.1) is 30.4 Å². The van der Waals surface area contributed by atoms with Crippen molar-refractivity contribution in [3.63, 3.8) is 0 Å². The molecule has 0 aliphatic rings. The first kappa shape index (κ1) is 24.0. The first-order chi connectivity index (χ1) is 15.8. The number of hydrogen-bond donors (Lipinski definition) is 0. The van der Waals surface area contributed by atoms with Gasteiger partial charge < -0.3 is 14.2 Å². The van der Waals surface area contributed by atoms with Gasteiger partial charge in [0, 0.05) is 0 Å². The molecule has 0 saturated carbocycles. The molecule has 0 aliphatic heterocycles. The number of hydrogen-bond acceptors (Lipinski definition) is 6. The van der Waals surface area contributed by atoms with Crippen molar-refractivity contribution in [2.45, 2.75) is 52.7 Å². The van der Waals surface area contributed by atoms with Crippen LogP contribution in [0.2, 0.25) is 0 Å². The highest BCUT2D eigenvalue weighted by Crippen LogP contribution is 2.38. The normalized spacial score (nSPS) is 11.2. The van der Waals surface area contributed by atoms with E-state index in [0.29, 0.717) is 5.69 Å². The highest BCUT2D eigenvalue weighted by Gasteiger charge is 2.36. The quantitative estimate of drug-likeness (QED) is 0.426. The lowest BCUT2D eigenvalue weighted by Crippen LogP contribution is -2.25. The van der Waals surface area contributed by atoms with Crippen molar-refractivity contribution in [1.29, 1.82) is 0 Å². The zero-order valence-electron chi connectivity index (χ0n) is 19.6. The molecule has 0 bridgehead atoms. The van der Waals surface area contributed by atoms with E-state index < -0.39 is 18.0 Å². The summed E-state index contributed by atoms with van der Waals surface area (Å²) in [5.74, 6) is -1.07. The van der Waals surface area contributed by atoms with Gasteiger partial charge in [-0.3, -0.25) is 0 Å². The van der Waals surface area contributed by atoms with Gasteiger partial charge in [0.15, 0.2) is 0 Å². The van der Waals surface area contributed by atoms with Gasteiger partial charge in [-0.15, -0.1) is 5.10 Å². The van der Waals surface area contributed by atoms with Crippen LogP contribution in [0.4, 0.5) is 4.79 Å².